The molecule has 154 valence electrons. The van der Waals surface area contributed by atoms with Crippen molar-refractivity contribution in [2.24, 2.45) is 0 Å². The standard InChI is InChI=1S/C23H24N4O3/c1-3-17-9-7-8-12-19(17)24-21(28)15-26(2)23(30)16-27-22(29)14-13-20(25-27)18-10-5-4-6-11-18/h4-14H,3,15-16H2,1-2H3,(H,24,28). The Morgan fingerprint density at radius 2 is 1.70 bits per heavy atom. The van der Waals surface area contributed by atoms with Crippen LogP contribution >= 0.6 is 0 Å². The van der Waals surface area contributed by atoms with Crippen LogP contribution in [0.4, 0.5) is 5.69 Å². The number of carbonyl (C=O) groups excluding carboxylic acids is 2. The predicted molar refractivity (Wildman–Crippen MR) is 116 cm³/mol. The summed E-state index contributed by atoms with van der Waals surface area (Å²) < 4.78 is 1.12. The molecular weight excluding hydrogens is 380 g/mol. The topological polar surface area (TPSA) is 84.3 Å². The number of para-hydroxylation sites is 1. The molecule has 0 fully saturated rings. The van der Waals surface area contributed by atoms with Crippen molar-refractivity contribution in [3.63, 3.8) is 0 Å². The molecule has 1 N–H and O–H groups in total. The molecule has 0 saturated carbocycles. The molecule has 0 radical (unpaired) electrons. The molecule has 0 saturated heterocycles. The minimum atomic E-state index is -0.381. The van der Waals surface area contributed by atoms with Gasteiger partial charge >= 0.3 is 0 Å². The van der Waals surface area contributed by atoms with Gasteiger partial charge in [-0.15, -0.1) is 0 Å². The lowest BCUT2D eigenvalue weighted by Gasteiger charge is -2.18. The van der Waals surface area contributed by atoms with Gasteiger partial charge in [0, 0.05) is 24.4 Å². The average molecular weight is 404 g/mol. The fourth-order valence-corrected chi connectivity index (χ4v) is 3.02. The Hall–Kier alpha value is -3.74. The Morgan fingerprint density at radius 1 is 1.00 bits per heavy atom. The number of hydrogen-bond donors (Lipinski definition) is 1. The van der Waals surface area contributed by atoms with E-state index in [1.54, 1.807) is 6.07 Å². The number of nitrogens with one attached hydrogen (secondary N) is 1. The lowest BCUT2D eigenvalue weighted by atomic mass is 10.1. The molecule has 2 amide bonds. The largest absolute Gasteiger partial charge is 0.335 e. The lowest BCUT2D eigenvalue weighted by molar-refractivity contribution is -0.134. The van der Waals surface area contributed by atoms with Crippen molar-refractivity contribution in [3.8, 4) is 11.3 Å². The van der Waals surface area contributed by atoms with Gasteiger partial charge in [0.1, 0.15) is 6.54 Å². The van der Waals surface area contributed by atoms with Gasteiger partial charge in [0.05, 0.1) is 12.2 Å². The summed E-state index contributed by atoms with van der Waals surface area (Å²) in [5.41, 5.74) is 2.82. The molecule has 0 aliphatic carbocycles. The lowest BCUT2D eigenvalue weighted by Crippen LogP contribution is -2.39. The first-order valence-electron chi connectivity index (χ1n) is 9.73. The fraction of sp³-hybridized carbons (Fsp3) is 0.217. The number of hydrogen-bond acceptors (Lipinski definition) is 4. The Kier molecular flexibility index (Phi) is 6.75. The highest BCUT2D eigenvalue weighted by molar-refractivity contribution is 5.95. The van der Waals surface area contributed by atoms with E-state index in [9.17, 15) is 14.4 Å². The summed E-state index contributed by atoms with van der Waals surface area (Å²) in [7, 11) is 1.53. The first-order chi connectivity index (χ1) is 14.5. The summed E-state index contributed by atoms with van der Waals surface area (Å²) >= 11 is 0. The number of carbonyl (C=O) groups is 2. The molecule has 3 aromatic rings. The Morgan fingerprint density at radius 3 is 2.43 bits per heavy atom. The van der Waals surface area contributed by atoms with Crippen molar-refractivity contribution in [1.82, 2.24) is 14.7 Å². The van der Waals surface area contributed by atoms with Gasteiger partial charge in [-0.25, -0.2) is 4.68 Å². The summed E-state index contributed by atoms with van der Waals surface area (Å²) in [4.78, 5) is 38.4. The van der Waals surface area contributed by atoms with E-state index in [0.717, 1.165) is 27.9 Å². The van der Waals surface area contributed by atoms with E-state index in [1.807, 2.05) is 61.5 Å². The quantitative estimate of drug-likeness (QED) is 0.656. The summed E-state index contributed by atoms with van der Waals surface area (Å²) in [5, 5.41) is 7.13. The van der Waals surface area contributed by atoms with Gasteiger partial charge in [0.2, 0.25) is 11.8 Å². The Bertz CT molecular complexity index is 1090. The summed E-state index contributed by atoms with van der Waals surface area (Å²) in [6.45, 7) is 1.65. The first-order valence-corrected chi connectivity index (χ1v) is 9.73. The van der Waals surface area contributed by atoms with E-state index >= 15 is 0 Å². The van der Waals surface area contributed by atoms with Crippen molar-refractivity contribution in [3.05, 3.63) is 82.6 Å². The second kappa shape index (κ2) is 9.65. The molecule has 0 aliphatic heterocycles. The van der Waals surface area contributed by atoms with E-state index in [2.05, 4.69) is 10.4 Å². The van der Waals surface area contributed by atoms with Crippen LogP contribution in [0.15, 0.2) is 71.5 Å². The summed E-state index contributed by atoms with van der Waals surface area (Å²) in [5.74, 6) is -0.682. The fourth-order valence-electron chi connectivity index (χ4n) is 3.02. The molecule has 0 spiro atoms. The normalized spacial score (nSPS) is 10.5. The molecule has 30 heavy (non-hydrogen) atoms. The Balaban J connectivity index is 1.65. The molecule has 7 heteroatoms. The van der Waals surface area contributed by atoms with Crippen molar-refractivity contribution in [2.75, 3.05) is 18.9 Å². The van der Waals surface area contributed by atoms with Crippen LogP contribution in [-0.4, -0.2) is 40.1 Å². The second-order valence-corrected chi connectivity index (χ2v) is 6.89. The molecule has 3 rings (SSSR count). The second-order valence-electron chi connectivity index (χ2n) is 6.89. The van der Waals surface area contributed by atoms with Crippen LogP contribution in [0, 0.1) is 0 Å². The molecule has 0 bridgehead atoms. The number of anilines is 1. The first kappa shape index (κ1) is 21.0. The third kappa shape index (κ3) is 5.20. The van der Waals surface area contributed by atoms with Crippen molar-refractivity contribution < 1.29 is 9.59 Å². The number of nitrogens with zero attached hydrogens (tertiary/aromatic N) is 3. The van der Waals surface area contributed by atoms with E-state index in [1.165, 1.54) is 18.0 Å². The zero-order chi connectivity index (χ0) is 21.5. The third-order valence-electron chi connectivity index (χ3n) is 4.70. The van der Waals surface area contributed by atoms with Crippen molar-refractivity contribution in [1.29, 1.82) is 0 Å². The van der Waals surface area contributed by atoms with Gasteiger partial charge in [-0.2, -0.15) is 5.10 Å². The molecule has 0 unspecified atom stereocenters. The number of rotatable bonds is 7. The number of aryl methyl sites for hydroxylation is 1. The highest BCUT2D eigenvalue weighted by atomic mass is 16.2. The van der Waals surface area contributed by atoms with Gasteiger partial charge in [-0.3, -0.25) is 14.4 Å². The zero-order valence-corrected chi connectivity index (χ0v) is 17.0. The minimum Gasteiger partial charge on any atom is -0.335 e. The van der Waals surface area contributed by atoms with Gasteiger partial charge in [0.25, 0.3) is 5.56 Å². The number of likely N-dealkylation sites (N-methyl/N-ethyl adjacent to an activating group) is 1. The molecule has 1 heterocycles. The molecule has 0 atom stereocenters. The van der Waals surface area contributed by atoms with E-state index < -0.39 is 0 Å². The molecular formula is C23H24N4O3. The summed E-state index contributed by atoms with van der Waals surface area (Å²) in [6.07, 6.45) is 0.789. The van der Waals surface area contributed by atoms with Crippen molar-refractivity contribution in [2.45, 2.75) is 19.9 Å². The molecule has 1 aromatic heterocycles. The van der Waals surface area contributed by atoms with E-state index in [0.29, 0.717) is 5.69 Å². The molecule has 2 aromatic carbocycles. The molecule has 0 aliphatic rings. The summed E-state index contributed by atoms with van der Waals surface area (Å²) in [6, 6.07) is 20.0. The van der Waals surface area contributed by atoms with Crippen LogP contribution in [0.5, 0.6) is 0 Å². The Labute approximate surface area is 175 Å². The third-order valence-corrected chi connectivity index (χ3v) is 4.70. The number of aromatic nitrogens is 2. The van der Waals surface area contributed by atoms with Crippen LogP contribution < -0.4 is 10.9 Å². The van der Waals surface area contributed by atoms with Crippen LogP contribution in [0.2, 0.25) is 0 Å². The maximum absolute atomic E-state index is 12.6. The van der Waals surface area contributed by atoms with Crippen LogP contribution in [-0.2, 0) is 22.6 Å². The number of amides is 2. The smallest absolute Gasteiger partial charge is 0.267 e. The zero-order valence-electron chi connectivity index (χ0n) is 17.0. The van der Waals surface area contributed by atoms with E-state index in [-0.39, 0.29) is 30.5 Å². The monoisotopic (exact) mass is 404 g/mol. The van der Waals surface area contributed by atoms with Gasteiger partial charge in [-0.05, 0) is 24.1 Å². The maximum Gasteiger partial charge on any atom is 0.267 e. The van der Waals surface area contributed by atoms with Gasteiger partial charge in [-0.1, -0.05) is 55.5 Å². The highest BCUT2D eigenvalue weighted by Crippen LogP contribution is 2.15. The van der Waals surface area contributed by atoms with Crippen LogP contribution in [0.3, 0.4) is 0 Å². The maximum atomic E-state index is 12.6. The average Bonchev–Trinajstić information content (AvgIpc) is 2.76. The van der Waals surface area contributed by atoms with Crippen LogP contribution in [0.25, 0.3) is 11.3 Å². The SMILES string of the molecule is CCc1ccccc1NC(=O)CN(C)C(=O)Cn1nc(-c2ccccc2)ccc1=O. The highest BCUT2D eigenvalue weighted by Gasteiger charge is 2.16. The van der Waals surface area contributed by atoms with E-state index in [4.69, 9.17) is 0 Å². The molecule has 7 nitrogen and oxygen atoms in total. The van der Waals surface area contributed by atoms with Crippen molar-refractivity contribution >= 4 is 17.5 Å². The van der Waals surface area contributed by atoms with Crippen LogP contribution in [0.1, 0.15) is 12.5 Å². The van der Waals surface area contributed by atoms with Gasteiger partial charge in [0.15, 0.2) is 0 Å². The minimum absolute atomic E-state index is 0.121. The number of benzene rings is 2. The van der Waals surface area contributed by atoms with Gasteiger partial charge < -0.3 is 10.2 Å². The predicted octanol–water partition coefficient (Wildman–Crippen LogP) is 2.57.